The Morgan fingerprint density at radius 1 is 1.19 bits per heavy atom. The number of hydrazone groups is 1. The van der Waals surface area contributed by atoms with Crippen LogP contribution in [0.4, 0.5) is 4.39 Å². The van der Waals surface area contributed by atoms with E-state index in [0.717, 1.165) is 5.56 Å². The Kier molecular flexibility index (Phi) is 4.82. The molecule has 0 atom stereocenters. The van der Waals surface area contributed by atoms with Gasteiger partial charge in [-0.1, -0.05) is 44.2 Å². The number of hydrogen-bond donors (Lipinski definition) is 1. The van der Waals surface area contributed by atoms with Gasteiger partial charge in [0.25, 0.3) is 5.91 Å². The lowest BCUT2D eigenvalue weighted by Gasteiger charge is -2.04. The molecule has 0 bridgehead atoms. The van der Waals surface area contributed by atoms with Crippen molar-refractivity contribution in [2.45, 2.75) is 19.8 Å². The number of amides is 1. The average Bonchev–Trinajstić information content (AvgIpc) is 2.47. The highest BCUT2D eigenvalue weighted by molar-refractivity contribution is 5.94. The van der Waals surface area contributed by atoms with Gasteiger partial charge in [-0.2, -0.15) is 5.10 Å². The van der Waals surface area contributed by atoms with Crippen molar-refractivity contribution < 1.29 is 9.18 Å². The second kappa shape index (κ2) is 6.79. The molecule has 2 aromatic carbocycles. The van der Waals surface area contributed by atoms with Gasteiger partial charge < -0.3 is 0 Å². The molecule has 0 spiro atoms. The van der Waals surface area contributed by atoms with Crippen LogP contribution in [0.15, 0.2) is 53.6 Å². The first-order chi connectivity index (χ1) is 10.1. The fraction of sp³-hybridized carbons (Fsp3) is 0.176. The SMILES string of the molecule is CC(C)c1ccc(/C=N/NC(=O)c2cccc(F)c2)cc1. The van der Waals surface area contributed by atoms with E-state index in [1.54, 1.807) is 6.21 Å². The van der Waals surface area contributed by atoms with Gasteiger partial charge >= 0.3 is 0 Å². The molecule has 0 unspecified atom stereocenters. The molecule has 0 aromatic heterocycles. The highest BCUT2D eigenvalue weighted by atomic mass is 19.1. The number of hydrogen-bond acceptors (Lipinski definition) is 2. The third-order valence-corrected chi connectivity index (χ3v) is 3.07. The standard InChI is InChI=1S/C17H17FN2O/c1-12(2)14-8-6-13(7-9-14)11-19-20-17(21)15-4-3-5-16(18)10-15/h3-12H,1-2H3,(H,20,21)/b19-11+. The Morgan fingerprint density at radius 2 is 1.90 bits per heavy atom. The van der Waals surface area contributed by atoms with Crippen molar-refractivity contribution in [3.63, 3.8) is 0 Å². The van der Waals surface area contributed by atoms with Gasteiger partial charge in [-0.05, 0) is 35.2 Å². The van der Waals surface area contributed by atoms with Gasteiger partial charge in [-0.3, -0.25) is 4.79 Å². The van der Waals surface area contributed by atoms with E-state index in [-0.39, 0.29) is 5.56 Å². The molecular formula is C17H17FN2O. The molecule has 2 rings (SSSR count). The molecule has 0 aliphatic carbocycles. The van der Waals surface area contributed by atoms with Crippen LogP contribution < -0.4 is 5.43 Å². The summed E-state index contributed by atoms with van der Waals surface area (Å²) < 4.78 is 13.0. The number of benzene rings is 2. The number of rotatable bonds is 4. The van der Waals surface area contributed by atoms with Crippen molar-refractivity contribution in [3.05, 3.63) is 71.0 Å². The van der Waals surface area contributed by atoms with Gasteiger partial charge in [-0.15, -0.1) is 0 Å². The lowest BCUT2D eigenvalue weighted by Crippen LogP contribution is -2.17. The summed E-state index contributed by atoms with van der Waals surface area (Å²) in [6.45, 7) is 4.25. The molecule has 21 heavy (non-hydrogen) atoms. The molecule has 1 amide bonds. The predicted molar refractivity (Wildman–Crippen MR) is 82.0 cm³/mol. The van der Waals surface area contributed by atoms with Crippen LogP contribution in [0.3, 0.4) is 0 Å². The molecule has 0 aliphatic heterocycles. The first kappa shape index (κ1) is 14.9. The van der Waals surface area contributed by atoms with E-state index in [2.05, 4.69) is 24.4 Å². The van der Waals surface area contributed by atoms with Crippen LogP contribution in [-0.2, 0) is 0 Å². The number of halogens is 1. The Bertz CT molecular complexity index is 648. The van der Waals surface area contributed by atoms with Crippen LogP contribution in [0.2, 0.25) is 0 Å². The van der Waals surface area contributed by atoms with Crippen molar-refractivity contribution in [3.8, 4) is 0 Å². The highest BCUT2D eigenvalue weighted by Crippen LogP contribution is 2.13. The maximum Gasteiger partial charge on any atom is 0.271 e. The molecular weight excluding hydrogens is 267 g/mol. The van der Waals surface area contributed by atoms with E-state index in [9.17, 15) is 9.18 Å². The van der Waals surface area contributed by atoms with E-state index in [4.69, 9.17) is 0 Å². The zero-order valence-electron chi connectivity index (χ0n) is 12.0. The van der Waals surface area contributed by atoms with Crippen molar-refractivity contribution in [1.29, 1.82) is 0 Å². The van der Waals surface area contributed by atoms with E-state index in [0.29, 0.717) is 5.92 Å². The average molecular weight is 284 g/mol. The molecule has 0 aliphatic rings. The Morgan fingerprint density at radius 3 is 2.52 bits per heavy atom. The number of nitrogens with one attached hydrogen (secondary N) is 1. The van der Waals surface area contributed by atoms with Gasteiger partial charge in [0.05, 0.1) is 6.21 Å². The summed E-state index contributed by atoms with van der Waals surface area (Å²) in [5, 5.41) is 3.88. The van der Waals surface area contributed by atoms with Crippen molar-refractivity contribution in [1.82, 2.24) is 5.43 Å². The minimum Gasteiger partial charge on any atom is -0.267 e. The van der Waals surface area contributed by atoms with Crippen molar-refractivity contribution >= 4 is 12.1 Å². The Labute approximate surface area is 123 Å². The first-order valence-corrected chi connectivity index (χ1v) is 6.75. The zero-order chi connectivity index (χ0) is 15.2. The Balaban J connectivity index is 1.97. The van der Waals surface area contributed by atoms with Crippen LogP contribution >= 0.6 is 0 Å². The molecule has 0 saturated carbocycles. The predicted octanol–water partition coefficient (Wildman–Crippen LogP) is 3.71. The largest absolute Gasteiger partial charge is 0.271 e. The van der Waals surface area contributed by atoms with Crippen LogP contribution in [0, 0.1) is 5.82 Å². The Hall–Kier alpha value is -2.49. The van der Waals surface area contributed by atoms with Crippen LogP contribution in [-0.4, -0.2) is 12.1 Å². The summed E-state index contributed by atoms with van der Waals surface area (Å²) in [6, 6.07) is 13.4. The summed E-state index contributed by atoms with van der Waals surface area (Å²) in [4.78, 5) is 11.7. The second-order valence-electron chi connectivity index (χ2n) is 5.03. The van der Waals surface area contributed by atoms with Gasteiger partial charge in [-0.25, -0.2) is 9.82 Å². The van der Waals surface area contributed by atoms with Gasteiger partial charge in [0, 0.05) is 5.56 Å². The molecule has 0 saturated heterocycles. The number of carbonyl (C=O) groups excluding carboxylic acids is 1. The third-order valence-electron chi connectivity index (χ3n) is 3.07. The lowest BCUT2D eigenvalue weighted by molar-refractivity contribution is 0.0954. The molecule has 4 heteroatoms. The summed E-state index contributed by atoms with van der Waals surface area (Å²) >= 11 is 0. The van der Waals surface area contributed by atoms with Crippen LogP contribution in [0.1, 0.15) is 41.3 Å². The van der Waals surface area contributed by atoms with E-state index >= 15 is 0 Å². The quantitative estimate of drug-likeness (QED) is 0.675. The molecule has 0 radical (unpaired) electrons. The van der Waals surface area contributed by atoms with Gasteiger partial charge in [0.2, 0.25) is 0 Å². The molecule has 1 N–H and O–H groups in total. The van der Waals surface area contributed by atoms with Crippen LogP contribution in [0.25, 0.3) is 0 Å². The summed E-state index contributed by atoms with van der Waals surface area (Å²) in [5.41, 5.74) is 4.75. The molecule has 108 valence electrons. The zero-order valence-corrected chi connectivity index (χ0v) is 12.0. The minimum atomic E-state index is -0.448. The van der Waals surface area contributed by atoms with Crippen molar-refractivity contribution in [2.24, 2.45) is 5.10 Å². The molecule has 0 fully saturated rings. The number of carbonyl (C=O) groups is 1. The maximum atomic E-state index is 13.0. The summed E-state index contributed by atoms with van der Waals surface area (Å²) in [7, 11) is 0. The topological polar surface area (TPSA) is 41.5 Å². The van der Waals surface area contributed by atoms with E-state index < -0.39 is 11.7 Å². The fourth-order valence-corrected chi connectivity index (χ4v) is 1.83. The highest BCUT2D eigenvalue weighted by Gasteiger charge is 2.04. The molecule has 0 heterocycles. The second-order valence-corrected chi connectivity index (χ2v) is 5.03. The first-order valence-electron chi connectivity index (χ1n) is 6.75. The maximum absolute atomic E-state index is 13.0. The van der Waals surface area contributed by atoms with Gasteiger partial charge in [0.1, 0.15) is 5.82 Å². The summed E-state index contributed by atoms with van der Waals surface area (Å²) in [6.07, 6.45) is 1.56. The normalized spacial score (nSPS) is 11.0. The van der Waals surface area contributed by atoms with Gasteiger partial charge in [0.15, 0.2) is 0 Å². The third kappa shape index (κ3) is 4.24. The molecule has 2 aromatic rings. The lowest BCUT2D eigenvalue weighted by atomic mass is 10.0. The van der Waals surface area contributed by atoms with Crippen molar-refractivity contribution in [2.75, 3.05) is 0 Å². The van der Waals surface area contributed by atoms with E-state index in [1.807, 2.05) is 24.3 Å². The number of nitrogens with zero attached hydrogens (tertiary/aromatic N) is 1. The summed E-state index contributed by atoms with van der Waals surface area (Å²) in [5.74, 6) is -0.413. The molecule has 3 nitrogen and oxygen atoms in total. The van der Waals surface area contributed by atoms with Crippen LogP contribution in [0.5, 0.6) is 0 Å². The monoisotopic (exact) mass is 284 g/mol. The minimum absolute atomic E-state index is 0.238. The fourth-order valence-electron chi connectivity index (χ4n) is 1.83. The smallest absolute Gasteiger partial charge is 0.267 e. The van der Waals surface area contributed by atoms with E-state index in [1.165, 1.54) is 29.8 Å².